The van der Waals surface area contributed by atoms with Gasteiger partial charge in [-0.2, -0.15) is 4.99 Å². The lowest BCUT2D eigenvalue weighted by molar-refractivity contribution is -0.114. The molecule has 150 valence electrons. The van der Waals surface area contributed by atoms with Gasteiger partial charge in [0, 0.05) is 6.08 Å². The number of hydroxylamine groups is 2. The van der Waals surface area contributed by atoms with E-state index in [4.69, 9.17) is 19.7 Å². The first-order valence-electron chi connectivity index (χ1n) is 9.01. The predicted molar refractivity (Wildman–Crippen MR) is 109 cm³/mol. The zero-order valence-corrected chi connectivity index (χ0v) is 16.2. The van der Waals surface area contributed by atoms with E-state index in [-0.39, 0.29) is 11.4 Å². The van der Waals surface area contributed by atoms with Gasteiger partial charge in [-0.1, -0.05) is 12.1 Å². The number of allylic oxidation sites excluding steroid dienone is 1. The topological polar surface area (TPSA) is 101 Å². The van der Waals surface area contributed by atoms with Gasteiger partial charge < -0.3 is 14.3 Å². The number of carbonyl (C=O) groups is 2. The summed E-state index contributed by atoms with van der Waals surface area (Å²) in [5.74, 6) is 0.739. The molecule has 0 aromatic heterocycles. The van der Waals surface area contributed by atoms with Crippen molar-refractivity contribution in [1.29, 1.82) is 5.41 Å². The van der Waals surface area contributed by atoms with Crippen LogP contribution in [0.4, 0.5) is 0 Å². The molecular weight excluding hydrogens is 386 g/mol. The van der Waals surface area contributed by atoms with E-state index in [1.54, 1.807) is 68.6 Å². The molecule has 0 spiro atoms. The summed E-state index contributed by atoms with van der Waals surface area (Å²) in [5.41, 5.74) is 1.14. The lowest BCUT2D eigenvalue weighted by Crippen LogP contribution is -2.38. The SMILES string of the molecule is COc1ccc(C(=O)Oc2ccc(/C=C3\C(=N)N4OC(C)=CC4=NC3=O)cc2)cc1. The number of amides is 1. The van der Waals surface area contributed by atoms with E-state index in [2.05, 4.69) is 4.99 Å². The smallest absolute Gasteiger partial charge is 0.343 e. The van der Waals surface area contributed by atoms with Gasteiger partial charge in [-0.25, -0.2) is 4.79 Å². The number of esters is 1. The first-order chi connectivity index (χ1) is 14.4. The van der Waals surface area contributed by atoms with E-state index in [0.717, 1.165) is 0 Å². The van der Waals surface area contributed by atoms with Crippen LogP contribution in [0.5, 0.6) is 11.5 Å². The minimum absolute atomic E-state index is 0.0897. The minimum atomic E-state index is -0.518. The quantitative estimate of drug-likeness (QED) is 0.477. The number of nitrogens with zero attached hydrogens (tertiary/aromatic N) is 2. The third kappa shape index (κ3) is 3.70. The standard InChI is InChI=1S/C22H17N3O5/c1-13-11-19-24-21(26)18(20(23)25(19)30-13)12-14-3-7-17(8-4-14)29-22(27)15-5-9-16(28-2)10-6-15/h3-12,23H,1-2H3/b18-12+,23-20?. The maximum Gasteiger partial charge on any atom is 0.343 e. The Balaban J connectivity index is 1.48. The first-order valence-corrected chi connectivity index (χ1v) is 9.01. The highest BCUT2D eigenvalue weighted by Gasteiger charge is 2.34. The van der Waals surface area contributed by atoms with Gasteiger partial charge >= 0.3 is 5.97 Å². The van der Waals surface area contributed by atoms with Crippen LogP contribution in [0.3, 0.4) is 0 Å². The average molecular weight is 403 g/mol. The van der Waals surface area contributed by atoms with E-state index >= 15 is 0 Å². The molecule has 30 heavy (non-hydrogen) atoms. The van der Waals surface area contributed by atoms with Crippen molar-refractivity contribution in [3.8, 4) is 11.5 Å². The largest absolute Gasteiger partial charge is 0.497 e. The Morgan fingerprint density at radius 3 is 2.43 bits per heavy atom. The monoisotopic (exact) mass is 403 g/mol. The van der Waals surface area contributed by atoms with Crippen LogP contribution in [0.25, 0.3) is 6.08 Å². The molecule has 2 aliphatic rings. The molecule has 2 aromatic carbocycles. The third-order valence-corrected chi connectivity index (χ3v) is 4.41. The van der Waals surface area contributed by atoms with E-state index in [1.165, 1.54) is 11.1 Å². The second kappa shape index (κ2) is 7.67. The summed E-state index contributed by atoms with van der Waals surface area (Å²) in [5, 5.41) is 9.42. The fourth-order valence-electron chi connectivity index (χ4n) is 2.89. The molecule has 2 heterocycles. The maximum absolute atomic E-state index is 12.3. The number of aliphatic imine (C=N–C) groups is 1. The molecule has 2 aromatic rings. The summed E-state index contributed by atoms with van der Waals surface area (Å²) in [6, 6.07) is 13.2. The molecule has 0 saturated heterocycles. The molecular formula is C22H17N3O5. The van der Waals surface area contributed by atoms with Crippen LogP contribution in [0.2, 0.25) is 0 Å². The Labute approximate surface area is 172 Å². The lowest BCUT2D eigenvalue weighted by Gasteiger charge is -2.22. The highest BCUT2D eigenvalue weighted by atomic mass is 16.7. The molecule has 4 rings (SSSR count). The molecule has 0 aliphatic carbocycles. The summed E-state index contributed by atoms with van der Waals surface area (Å²) < 4.78 is 10.4. The van der Waals surface area contributed by atoms with Crippen LogP contribution in [-0.4, -0.2) is 35.7 Å². The summed E-state index contributed by atoms with van der Waals surface area (Å²) >= 11 is 0. The van der Waals surface area contributed by atoms with Crippen LogP contribution < -0.4 is 9.47 Å². The van der Waals surface area contributed by atoms with Crippen LogP contribution in [0.15, 0.2) is 70.9 Å². The van der Waals surface area contributed by atoms with Gasteiger partial charge in [0.25, 0.3) is 5.91 Å². The van der Waals surface area contributed by atoms with E-state index in [1.807, 2.05) is 0 Å². The highest BCUT2D eigenvalue weighted by molar-refractivity contribution is 6.32. The van der Waals surface area contributed by atoms with Gasteiger partial charge in [-0.05, 0) is 55.0 Å². The second-order valence-electron chi connectivity index (χ2n) is 6.51. The van der Waals surface area contributed by atoms with Crippen molar-refractivity contribution in [3.05, 3.63) is 77.1 Å². The Morgan fingerprint density at radius 1 is 1.10 bits per heavy atom. The molecule has 8 heteroatoms. The number of hydrogen-bond donors (Lipinski definition) is 1. The van der Waals surface area contributed by atoms with Gasteiger partial charge in [0.05, 0.1) is 18.2 Å². The summed E-state index contributed by atoms with van der Waals surface area (Å²) in [6.07, 6.45) is 3.13. The number of amidine groups is 2. The number of fused-ring (bicyclic) bond motifs is 1. The van der Waals surface area contributed by atoms with Crippen LogP contribution >= 0.6 is 0 Å². The maximum atomic E-state index is 12.3. The van der Waals surface area contributed by atoms with Crippen molar-refractivity contribution in [1.82, 2.24) is 5.06 Å². The molecule has 0 bridgehead atoms. The van der Waals surface area contributed by atoms with Crippen molar-refractivity contribution < 1.29 is 23.9 Å². The molecule has 2 aliphatic heterocycles. The zero-order chi connectivity index (χ0) is 21.3. The summed E-state index contributed by atoms with van der Waals surface area (Å²) in [6.45, 7) is 1.72. The molecule has 0 atom stereocenters. The molecule has 8 nitrogen and oxygen atoms in total. The van der Waals surface area contributed by atoms with Crippen molar-refractivity contribution in [3.63, 3.8) is 0 Å². The highest BCUT2D eigenvalue weighted by Crippen LogP contribution is 2.24. The number of methoxy groups -OCH3 is 1. The van der Waals surface area contributed by atoms with Gasteiger partial charge in [0.2, 0.25) is 0 Å². The van der Waals surface area contributed by atoms with Crippen molar-refractivity contribution in [2.24, 2.45) is 4.99 Å². The Morgan fingerprint density at radius 2 is 1.77 bits per heavy atom. The van der Waals surface area contributed by atoms with Crippen LogP contribution in [0.1, 0.15) is 22.8 Å². The Bertz CT molecular complexity index is 1130. The van der Waals surface area contributed by atoms with Gasteiger partial charge in [0.15, 0.2) is 11.7 Å². The number of nitrogens with one attached hydrogen (secondary N) is 1. The van der Waals surface area contributed by atoms with E-state index < -0.39 is 11.9 Å². The number of benzene rings is 2. The Kier molecular flexibility index (Phi) is 4.89. The zero-order valence-electron chi connectivity index (χ0n) is 16.2. The average Bonchev–Trinajstić information content (AvgIpc) is 3.12. The van der Waals surface area contributed by atoms with Gasteiger partial charge in [-0.3, -0.25) is 10.2 Å². The van der Waals surface area contributed by atoms with Crippen molar-refractivity contribution >= 4 is 29.6 Å². The summed E-state index contributed by atoms with van der Waals surface area (Å²) in [7, 11) is 1.55. The van der Waals surface area contributed by atoms with Crippen molar-refractivity contribution in [2.75, 3.05) is 7.11 Å². The van der Waals surface area contributed by atoms with E-state index in [9.17, 15) is 9.59 Å². The van der Waals surface area contributed by atoms with Crippen LogP contribution in [-0.2, 0) is 9.63 Å². The minimum Gasteiger partial charge on any atom is -0.497 e. The fraction of sp³-hybridized carbons (Fsp3) is 0.0909. The first kappa shape index (κ1) is 19.1. The fourth-order valence-corrected chi connectivity index (χ4v) is 2.89. The normalized spacial score (nSPS) is 16.6. The molecule has 0 unspecified atom stereocenters. The van der Waals surface area contributed by atoms with Gasteiger partial charge in [0.1, 0.15) is 17.3 Å². The molecule has 1 N–H and O–H groups in total. The molecule has 0 radical (unpaired) electrons. The molecule has 0 saturated carbocycles. The second-order valence-corrected chi connectivity index (χ2v) is 6.51. The van der Waals surface area contributed by atoms with E-state index in [0.29, 0.717) is 34.2 Å². The number of carbonyl (C=O) groups excluding carboxylic acids is 2. The van der Waals surface area contributed by atoms with Gasteiger partial charge in [-0.15, -0.1) is 5.06 Å². The third-order valence-electron chi connectivity index (χ3n) is 4.41. The predicted octanol–water partition coefficient (Wildman–Crippen LogP) is 3.36. The number of hydrogen-bond acceptors (Lipinski definition) is 6. The molecule has 0 fully saturated rings. The summed E-state index contributed by atoms with van der Waals surface area (Å²) in [4.78, 5) is 33.9. The van der Waals surface area contributed by atoms with Crippen molar-refractivity contribution in [2.45, 2.75) is 6.92 Å². The Hall–Kier alpha value is -4.20. The lowest BCUT2D eigenvalue weighted by atomic mass is 10.1. The number of ether oxygens (including phenoxy) is 2. The number of rotatable bonds is 4. The molecule has 1 amide bonds. The van der Waals surface area contributed by atoms with Crippen LogP contribution in [0, 0.1) is 5.41 Å².